The molecule has 16 heavy (non-hydrogen) atoms. The maximum Gasteiger partial charge on any atom is 0.317 e. The zero-order valence-electron chi connectivity index (χ0n) is 8.09. The molecule has 0 saturated carbocycles. The number of aryl methyl sites for hydroxylation is 1. The van der Waals surface area contributed by atoms with Crippen LogP contribution in [0.2, 0.25) is 0 Å². The van der Waals surface area contributed by atoms with Crippen molar-refractivity contribution in [2.24, 2.45) is 12.1 Å². The highest BCUT2D eigenvalue weighted by atomic mass is 16.9. The lowest BCUT2D eigenvalue weighted by Crippen LogP contribution is -2.28. The highest BCUT2D eigenvalue weighted by Crippen LogP contribution is 1.79. The fourth-order valence-electron chi connectivity index (χ4n) is 0.891. The van der Waals surface area contributed by atoms with E-state index in [9.17, 15) is 20.2 Å². The zero-order valence-corrected chi connectivity index (χ0v) is 8.09. The van der Waals surface area contributed by atoms with Crippen LogP contribution in [0.4, 0.5) is 0 Å². The minimum atomic E-state index is -0.971. The van der Waals surface area contributed by atoms with Crippen molar-refractivity contribution in [3.8, 4) is 0 Å². The lowest BCUT2D eigenvalue weighted by atomic mass is 10.7. The topological polar surface area (TPSA) is 144 Å². The Labute approximate surface area is 87.0 Å². The molecule has 1 heterocycles. The van der Waals surface area contributed by atoms with E-state index in [4.69, 9.17) is 0 Å². The largest absolute Gasteiger partial charge is 0.317 e. The molecule has 0 aromatic carbocycles. The van der Waals surface area contributed by atoms with E-state index in [1.807, 2.05) is 0 Å². The molecule has 0 unspecified atom stereocenters. The van der Waals surface area contributed by atoms with E-state index in [0.717, 1.165) is 9.36 Å². The molecule has 0 fully saturated rings. The van der Waals surface area contributed by atoms with Gasteiger partial charge in [0, 0.05) is 7.05 Å². The molecule has 0 aliphatic heterocycles. The van der Waals surface area contributed by atoms with Crippen molar-refractivity contribution in [2.45, 2.75) is 6.54 Å². The molecule has 0 N–H and O–H groups in total. The fraction of sp³-hybridized carbons (Fsp3) is 0.750. The summed E-state index contributed by atoms with van der Waals surface area (Å²) in [4.78, 5) is 24.1. The lowest BCUT2D eigenvalue weighted by molar-refractivity contribution is -0.758. The first-order chi connectivity index (χ1) is 7.50. The van der Waals surface area contributed by atoms with Crippen molar-refractivity contribution in [2.75, 3.05) is 6.61 Å². The molecule has 0 aliphatic rings. The van der Waals surface area contributed by atoms with Gasteiger partial charge in [0.1, 0.15) is 11.7 Å². The van der Waals surface area contributed by atoms with Gasteiger partial charge in [0.2, 0.25) is 0 Å². The molecule has 1 aromatic heterocycles. The second kappa shape index (κ2) is 4.81. The Morgan fingerprint density at radius 3 is 2.69 bits per heavy atom. The van der Waals surface area contributed by atoms with Crippen LogP contribution in [-0.2, 0) is 18.4 Å². The highest BCUT2D eigenvalue weighted by Gasteiger charge is 2.06. The van der Waals surface area contributed by atoms with Crippen molar-refractivity contribution < 1.29 is 15.0 Å². The third kappa shape index (κ3) is 3.00. The second-order valence-corrected chi connectivity index (χ2v) is 2.52. The van der Waals surface area contributed by atoms with Crippen LogP contribution in [0.3, 0.4) is 0 Å². The minimum absolute atomic E-state index is 0.0680. The van der Waals surface area contributed by atoms with E-state index in [2.05, 4.69) is 20.4 Å². The fourth-order valence-corrected chi connectivity index (χ4v) is 0.891. The lowest BCUT2D eigenvalue weighted by Gasteiger charge is -1.96. The Balaban J connectivity index is 2.81. The van der Waals surface area contributed by atoms with E-state index in [1.165, 1.54) is 7.05 Å². The number of nitro groups is 1. The number of rotatable bonds is 5. The van der Waals surface area contributed by atoms with Crippen LogP contribution in [0.5, 0.6) is 0 Å². The second-order valence-electron chi connectivity index (χ2n) is 2.52. The Hall–Kier alpha value is -2.53. The van der Waals surface area contributed by atoms with Gasteiger partial charge in [-0.1, -0.05) is 0 Å². The van der Waals surface area contributed by atoms with Gasteiger partial charge in [-0.15, -0.1) is 10.1 Å². The molecule has 0 aliphatic carbocycles. The van der Waals surface area contributed by atoms with Crippen LogP contribution >= 0.6 is 0 Å². The standard InChI is InChI=1S/C4H7N7O5/c1-8-4(5-10(12)13)9(7-6-8)2-3-16-11(14)15/h2-3H2,1H3/b5-4-. The Kier molecular flexibility index (Phi) is 3.47. The first-order valence-electron chi connectivity index (χ1n) is 3.94. The number of nitrogens with zero attached hydrogens (tertiary/aromatic N) is 7. The predicted octanol–water partition coefficient (Wildman–Crippen LogP) is -2.08. The molecular weight excluding hydrogens is 226 g/mol. The summed E-state index contributed by atoms with van der Waals surface area (Å²) in [5.74, 6) is 0. The maximum atomic E-state index is 10.2. The SMILES string of the molecule is Cn1nnn(CCO[N+](=O)[O-])/c1=N\[N+](=O)[O-]. The molecule has 0 radical (unpaired) electrons. The van der Waals surface area contributed by atoms with Gasteiger partial charge in [-0.2, -0.15) is 0 Å². The third-order valence-electron chi connectivity index (χ3n) is 1.47. The summed E-state index contributed by atoms with van der Waals surface area (Å²) in [5.41, 5.74) is -0.142. The Morgan fingerprint density at radius 1 is 1.44 bits per heavy atom. The van der Waals surface area contributed by atoms with Gasteiger partial charge in [0.15, 0.2) is 5.03 Å². The monoisotopic (exact) mass is 233 g/mol. The Morgan fingerprint density at radius 2 is 2.12 bits per heavy atom. The summed E-state index contributed by atoms with van der Waals surface area (Å²) in [6.45, 7) is -0.363. The van der Waals surface area contributed by atoms with Gasteiger partial charge >= 0.3 is 5.62 Å². The number of hydrogen-bond donors (Lipinski definition) is 0. The summed E-state index contributed by atoms with van der Waals surface area (Å²) in [7, 11) is 1.40. The molecule has 88 valence electrons. The minimum Gasteiger partial charge on any atom is -0.312 e. The van der Waals surface area contributed by atoms with Gasteiger partial charge in [0.25, 0.3) is 5.09 Å². The molecule has 0 amide bonds. The average Bonchev–Trinajstić information content (AvgIpc) is 2.48. The van der Waals surface area contributed by atoms with Gasteiger partial charge in [0.05, 0.1) is 6.54 Å². The summed E-state index contributed by atoms with van der Waals surface area (Å²) in [6.07, 6.45) is 0. The first-order valence-corrected chi connectivity index (χ1v) is 3.94. The normalized spacial score (nSPS) is 11.4. The van der Waals surface area contributed by atoms with Crippen molar-refractivity contribution in [1.82, 2.24) is 19.8 Å². The predicted molar refractivity (Wildman–Crippen MR) is 44.5 cm³/mol. The first kappa shape index (κ1) is 11.5. The smallest absolute Gasteiger partial charge is 0.312 e. The molecular formula is C4H7N7O5. The molecule has 0 saturated heterocycles. The summed E-state index contributed by atoms with van der Waals surface area (Å²) >= 11 is 0. The molecule has 12 heteroatoms. The van der Waals surface area contributed by atoms with E-state index in [1.54, 1.807) is 0 Å². The van der Waals surface area contributed by atoms with E-state index >= 15 is 0 Å². The van der Waals surface area contributed by atoms with Crippen LogP contribution in [0.15, 0.2) is 5.10 Å². The molecule has 0 atom stereocenters. The highest BCUT2D eigenvalue weighted by molar-refractivity contribution is 4.51. The van der Waals surface area contributed by atoms with Crippen LogP contribution in [0.25, 0.3) is 0 Å². The van der Waals surface area contributed by atoms with Crippen molar-refractivity contribution in [1.29, 1.82) is 0 Å². The Bertz CT molecular complexity index is 460. The summed E-state index contributed by atoms with van der Waals surface area (Å²) in [6, 6.07) is 0. The van der Waals surface area contributed by atoms with E-state index < -0.39 is 10.1 Å². The van der Waals surface area contributed by atoms with Gasteiger partial charge in [-0.3, -0.25) is 0 Å². The number of tetrazole rings is 1. The van der Waals surface area contributed by atoms with Gasteiger partial charge in [-0.25, -0.2) is 19.5 Å². The summed E-state index contributed by atoms with van der Waals surface area (Å²) in [5, 5.41) is 28.1. The van der Waals surface area contributed by atoms with Gasteiger partial charge in [-0.05, 0) is 10.4 Å². The van der Waals surface area contributed by atoms with Crippen molar-refractivity contribution >= 4 is 0 Å². The number of hydrogen-bond acceptors (Lipinski definition) is 7. The van der Waals surface area contributed by atoms with E-state index in [0.29, 0.717) is 0 Å². The maximum absolute atomic E-state index is 10.2. The summed E-state index contributed by atoms with van der Waals surface area (Å²) < 4.78 is 2.08. The average molecular weight is 233 g/mol. The quantitative estimate of drug-likeness (QED) is 0.419. The van der Waals surface area contributed by atoms with Crippen LogP contribution in [0.1, 0.15) is 0 Å². The molecule has 0 bridgehead atoms. The number of aromatic nitrogens is 4. The molecule has 1 aromatic rings. The van der Waals surface area contributed by atoms with E-state index in [-0.39, 0.29) is 18.8 Å². The zero-order chi connectivity index (χ0) is 12.1. The molecule has 0 spiro atoms. The molecule has 1 rings (SSSR count). The van der Waals surface area contributed by atoms with Crippen LogP contribution in [0, 0.1) is 20.2 Å². The van der Waals surface area contributed by atoms with Crippen molar-refractivity contribution in [3.63, 3.8) is 0 Å². The third-order valence-corrected chi connectivity index (χ3v) is 1.47. The van der Waals surface area contributed by atoms with Gasteiger partial charge < -0.3 is 4.84 Å². The van der Waals surface area contributed by atoms with Crippen LogP contribution < -0.4 is 5.62 Å². The molecule has 12 nitrogen and oxygen atoms in total. The van der Waals surface area contributed by atoms with Crippen LogP contribution in [-0.4, -0.2) is 36.5 Å². The van der Waals surface area contributed by atoms with Crippen molar-refractivity contribution in [3.05, 3.63) is 25.8 Å².